The van der Waals surface area contributed by atoms with Crippen LogP contribution in [0.4, 0.5) is 0 Å². The third kappa shape index (κ3) is 4.20. The zero-order valence-electron chi connectivity index (χ0n) is 14.8. The number of benzene rings is 3. The summed E-state index contributed by atoms with van der Waals surface area (Å²) in [5, 5.41) is 0. The van der Waals surface area contributed by atoms with E-state index in [1.54, 1.807) is 6.92 Å². The maximum absolute atomic E-state index is 11.3. The average molecular weight is 316 g/mol. The number of Topliss-reactive ketones (excluding diaryl/α,β-unsaturated/α-hetero) is 1. The molecule has 0 spiro atoms. The predicted octanol–water partition coefficient (Wildman–Crippen LogP) is 6.56. The summed E-state index contributed by atoms with van der Waals surface area (Å²) < 4.78 is 0. The Morgan fingerprint density at radius 3 is 1.21 bits per heavy atom. The molecule has 0 amide bonds. The van der Waals surface area contributed by atoms with E-state index in [1.807, 2.05) is 38.1 Å². The molecule has 122 valence electrons. The standard InChI is InChI=1S/C21H18O.C2H6/c1-15-3-5-18(6-4-15)20-11-13-21(14-12-20)19-9-7-17(8-10-19)16(2)22;1-2/h3-14H,1-2H3;1-2H3. The van der Waals surface area contributed by atoms with Crippen LogP contribution in [0.1, 0.15) is 36.7 Å². The highest BCUT2D eigenvalue weighted by Crippen LogP contribution is 2.25. The Hall–Kier alpha value is -2.67. The second kappa shape index (κ2) is 8.26. The first-order chi connectivity index (χ1) is 11.6. The molecule has 0 bridgehead atoms. The number of hydrogen-bond donors (Lipinski definition) is 0. The fourth-order valence-electron chi connectivity index (χ4n) is 2.50. The van der Waals surface area contributed by atoms with Crippen LogP contribution in [0.15, 0.2) is 72.8 Å². The SMILES string of the molecule is CC.CC(=O)c1ccc(-c2ccc(-c3ccc(C)cc3)cc2)cc1. The van der Waals surface area contributed by atoms with Gasteiger partial charge in [-0.1, -0.05) is 92.2 Å². The number of aryl methyl sites for hydroxylation is 1. The van der Waals surface area contributed by atoms with E-state index in [0.29, 0.717) is 0 Å². The van der Waals surface area contributed by atoms with Crippen molar-refractivity contribution in [3.05, 3.63) is 83.9 Å². The monoisotopic (exact) mass is 316 g/mol. The lowest BCUT2D eigenvalue weighted by Gasteiger charge is -2.06. The van der Waals surface area contributed by atoms with Crippen molar-refractivity contribution in [2.24, 2.45) is 0 Å². The van der Waals surface area contributed by atoms with Crippen LogP contribution in [0, 0.1) is 6.92 Å². The topological polar surface area (TPSA) is 17.1 Å². The highest BCUT2D eigenvalue weighted by Gasteiger charge is 2.02. The van der Waals surface area contributed by atoms with Crippen molar-refractivity contribution >= 4 is 5.78 Å². The van der Waals surface area contributed by atoms with Gasteiger partial charge in [-0.15, -0.1) is 0 Å². The fourth-order valence-corrected chi connectivity index (χ4v) is 2.50. The predicted molar refractivity (Wildman–Crippen MR) is 103 cm³/mol. The van der Waals surface area contributed by atoms with Gasteiger partial charge in [0.2, 0.25) is 0 Å². The lowest BCUT2D eigenvalue weighted by atomic mass is 9.99. The summed E-state index contributed by atoms with van der Waals surface area (Å²) in [4.78, 5) is 11.3. The molecule has 0 aliphatic rings. The Balaban J connectivity index is 0.00000100. The maximum atomic E-state index is 11.3. The van der Waals surface area contributed by atoms with E-state index in [1.165, 1.54) is 16.7 Å². The van der Waals surface area contributed by atoms with Gasteiger partial charge in [0.05, 0.1) is 0 Å². The van der Waals surface area contributed by atoms with Gasteiger partial charge in [0.25, 0.3) is 0 Å². The second-order valence-electron chi connectivity index (χ2n) is 5.58. The first-order valence-corrected chi connectivity index (χ1v) is 8.42. The third-order valence-corrected chi connectivity index (χ3v) is 3.89. The molecular weight excluding hydrogens is 292 g/mol. The molecule has 0 N–H and O–H groups in total. The molecule has 3 aromatic carbocycles. The molecule has 1 nitrogen and oxygen atoms in total. The quantitative estimate of drug-likeness (QED) is 0.500. The summed E-state index contributed by atoms with van der Waals surface area (Å²) in [6, 6.07) is 24.8. The highest BCUT2D eigenvalue weighted by molar-refractivity contribution is 5.94. The molecular formula is C23H24O. The minimum Gasteiger partial charge on any atom is -0.295 e. The van der Waals surface area contributed by atoms with E-state index >= 15 is 0 Å². The highest BCUT2D eigenvalue weighted by atomic mass is 16.1. The Kier molecular flexibility index (Phi) is 6.08. The first-order valence-electron chi connectivity index (χ1n) is 8.42. The molecule has 0 atom stereocenters. The summed E-state index contributed by atoms with van der Waals surface area (Å²) in [7, 11) is 0. The molecule has 0 aromatic heterocycles. The van der Waals surface area contributed by atoms with Gasteiger partial charge in [0, 0.05) is 5.56 Å². The number of carbonyl (C=O) groups excluding carboxylic acids is 1. The van der Waals surface area contributed by atoms with E-state index in [0.717, 1.165) is 16.7 Å². The van der Waals surface area contributed by atoms with Crippen molar-refractivity contribution < 1.29 is 4.79 Å². The Morgan fingerprint density at radius 2 is 0.875 bits per heavy atom. The van der Waals surface area contributed by atoms with E-state index in [-0.39, 0.29) is 5.78 Å². The van der Waals surface area contributed by atoms with Gasteiger partial charge >= 0.3 is 0 Å². The Bertz CT molecular complexity index is 779. The molecule has 0 saturated carbocycles. The minimum absolute atomic E-state index is 0.0984. The molecule has 3 rings (SSSR count). The lowest BCUT2D eigenvalue weighted by molar-refractivity contribution is 0.101. The number of ketones is 1. The number of rotatable bonds is 3. The normalized spacial score (nSPS) is 9.83. The van der Waals surface area contributed by atoms with Crippen molar-refractivity contribution in [3.8, 4) is 22.3 Å². The van der Waals surface area contributed by atoms with Gasteiger partial charge in [0.15, 0.2) is 5.78 Å². The van der Waals surface area contributed by atoms with E-state index in [9.17, 15) is 4.79 Å². The average Bonchev–Trinajstić information content (AvgIpc) is 2.64. The van der Waals surface area contributed by atoms with Crippen LogP contribution in [-0.4, -0.2) is 5.78 Å². The maximum Gasteiger partial charge on any atom is 0.159 e. The van der Waals surface area contributed by atoms with E-state index < -0.39 is 0 Å². The minimum atomic E-state index is 0.0984. The molecule has 0 unspecified atom stereocenters. The van der Waals surface area contributed by atoms with Crippen LogP contribution in [-0.2, 0) is 0 Å². The van der Waals surface area contributed by atoms with Crippen LogP contribution < -0.4 is 0 Å². The molecule has 0 radical (unpaired) electrons. The number of hydrogen-bond acceptors (Lipinski definition) is 1. The first kappa shape index (κ1) is 17.7. The smallest absolute Gasteiger partial charge is 0.159 e. The van der Waals surface area contributed by atoms with E-state index in [4.69, 9.17) is 0 Å². The molecule has 0 aliphatic heterocycles. The van der Waals surface area contributed by atoms with Crippen LogP contribution in [0.3, 0.4) is 0 Å². The van der Waals surface area contributed by atoms with Crippen molar-refractivity contribution in [2.45, 2.75) is 27.7 Å². The zero-order valence-corrected chi connectivity index (χ0v) is 14.8. The van der Waals surface area contributed by atoms with Gasteiger partial charge in [-0.2, -0.15) is 0 Å². The molecule has 0 aliphatic carbocycles. The van der Waals surface area contributed by atoms with E-state index in [2.05, 4.69) is 55.5 Å². The van der Waals surface area contributed by atoms with Gasteiger partial charge in [-0.05, 0) is 36.1 Å². The van der Waals surface area contributed by atoms with Gasteiger partial charge < -0.3 is 0 Å². The fraction of sp³-hybridized carbons (Fsp3) is 0.174. The lowest BCUT2D eigenvalue weighted by Crippen LogP contribution is -1.90. The molecule has 3 aromatic rings. The van der Waals surface area contributed by atoms with Gasteiger partial charge in [-0.3, -0.25) is 4.79 Å². The summed E-state index contributed by atoms with van der Waals surface area (Å²) in [5.41, 5.74) is 6.74. The molecule has 0 fully saturated rings. The van der Waals surface area contributed by atoms with Crippen LogP contribution >= 0.6 is 0 Å². The molecule has 1 heteroatoms. The summed E-state index contributed by atoms with van der Waals surface area (Å²) >= 11 is 0. The van der Waals surface area contributed by atoms with Crippen molar-refractivity contribution in [1.82, 2.24) is 0 Å². The van der Waals surface area contributed by atoms with Crippen LogP contribution in [0.5, 0.6) is 0 Å². The van der Waals surface area contributed by atoms with Gasteiger partial charge in [-0.25, -0.2) is 0 Å². The Morgan fingerprint density at radius 1 is 0.583 bits per heavy atom. The largest absolute Gasteiger partial charge is 0.295 e. The van der Waals surface area contributed by atoms with Crippen molar-refractivity contribution in [2.75, 3.05) is 0 Å². The Labute approximate surface area is 145 Å². The van der Waals surface area contributed by atoms with Crippen molar-refractivity contribution in [1.29, 1.82) is 0 Å². The summed E-state index contributed by atoms with van der Waals surface area (Å²) in [6.45, 7) is 7.68. The summed E-state index contributed by atoms with van der Waals surface area (Å²) in [5.74, 6) is 0.0984. The van der Waals surface area contributed by atoms with Crippen LogP contribution in [0.25, 0.3) is 22.3 Å². The second-order valence-corrected chi connectivity index (χ2v) is 5.58. The van der Waals surface area contributed by atoms with Crippen molar-refractivity contribution in [3.63, 3.8) is 0 Å². The van der Waals surface area contributed by atoms with Gasteiger partial charge in [0.1, 0.15) is 0 Å². The molecule has 24 heavy (non-hydrogen) atoms. The third-order valence-electron chi connectivity index (χ3n) is 3.89. The summed E-state index contributed by atoms with van der Waals surface area (Å²) in [6.07, 6.45) is 0. The van der Waals surface area contributed by atoms with Crippen LogP contribution in [0.2, 0.25) is 0 Å². The number of carbonyl (C=O) groups is 1. The molecule has 0 saturated heterocycles. The molecule has 0 heterocycles. The zero-order chi connectivity index (χ0) is 17.5.